The molecule has 2 nitrogen and oxygen atoms in total. The Morgan fingerprint density at radius 1 is 1.75 bits per heavy atom. The molecule has 0 rings (SSSR count). The van der Waals surface area contributed by atoms with Crippen LogP contribution in [0, 0.1) is 0 Å². The Hall–Kier alpha value is -0.0500. The van der Waals surface area contributed by atoms with E-state index in [0.29, 0.717) is 6.42 Å². The number of hydrogen-bond acceptors (Lipinski definition) is 2. The predicted octanol–water partition coefficient (Wildman–Crippen LogP) is 1.08. The van der Waals surface area contributed by atoms with Crippen molar-refractivity contribution in [1.82, 2.24) is 0 Å². The summed E-state index contributed by atoms with van der Waals surface area (Å²) in [5, 5.41) is 15.8. The molecule has 0 unspecified atom stereocenters. The lowest BCUT2D eigenvalue weighted by atomic mass is 10.5. The molecule has 0 saturated heterocycles. The highest BCUT2D eigenvalue weighted by molar-refractivity contribution is 6.25. The third kappa shape index (κ3) is 38.3. The first-order valence-corrected chi connectivity index (χ1v) is 2.69. The average Bonchev–Trinajstić information content (AvgIpc) is 1.69. The Morgan fingerprint density at radius 3 is 1.88 bits per heavy atom. The molecule has 8 heavy (non-hydrogen) atoms. The highest BCUT2D eigenvalue weighted by Crippen LogP contribution is 1.77. The van der Waals surface area contributed by atoms with Gasteiger partial charge >= 0.3 is 0 Å². The second kappa shape index (κ2) is 10.0. The van der Waals surface area contributed by atoms with Crippen LogP contribution in [0.3, 0.4) is 0 Å². The fraction of sp³-hybridized carbons (Fsp3) is 0.600. The molecule has 50 valence electrons. The van der Waals surface area contributed by atoms with Crippen LogP contribution in [-0.4, -0.2) is 16.5 Å². The van der Waals surface area contributed by atoms with Crippen molar-refractivity contribution in [2.24, 2.45) is 0 Å². The minimum Gasteiger partial charge on any atom is -0.368 e. The zero-order valence-corrected chi connectivity index (χ0v) is 5.60. The molecule has 0 amide bonds. The quantitative estimate of drug-likeness (QED) is 0.533. The molecule has 0 aromatic carbocycles. The summed E-state index contributed by atoms with van der Waals surface area (Å²) in [6.07, 6.45) is -0.699. The number of aliphatic hydroxyl groups is 2. The summed E-state index contributed by atoms with van der Waals surface area (Å²) >= 11 is 4.76. The van der Waals surface area contributed by atoms with E-state index in [1.807, 2.05) is 0 Å². The number of aliphatic hydroxyl groups excluding tert-OH is 1. The highest BCUT2D eigenvalue weighted by Gasteiger charge is 1.83. The zero-order valence-electron chi connectivity index (χ0n) is 4.84. The monoisotopic (exact) mass is 138 g/mol. The second-order valence-corrected chi connectivity index (χ2v) is 1.35. The standard InChI is InChI=1S/C3H8O2.C2H3Cl/c1-2-3(4)5;1-2-3/h3-5H,2H2,1H3;2H,1H2. The van der Waals surface area contributed by atoms with Crippen molar-refractivity contribution in [3.63, 3.8) is 0 Å². The summed E-state index contributed by atoms with van der Waals surface area (Å²) < 4.78 is 0. The van der Waals surface area contributed by atoms with E-state index in [1.54, 1.807) is 6.92 Å². The SMILES string of the molecule is C=CCl.CCC(O)O. The molecule has 0 fully saturated rings. The maximum Gasteiger partial charge on any atom is 0.151 e. The van der Waals surface area contributed by atoms with Gasteiger partial charge in [-0.25, -0.2) is 0 Å². The van der Waals surface area contributed by atoms with E-state index in [1.165, 1.54) is 5.54 Å². The first-order valence-electron chi connectivity index (χ1n) is 2.26. The van der Waals surface area contributed by atoms with Crippen molar-refractivity contribution < 1.29 is 10.2 Å². The van der Waals surface area contributed by atoms with Gasteiger partial charge in [-0.1, -0.05) is 25.1 Å². The third-order valence-corrected chi connectivity index (χ3v) is 0.365. The first kappa shape index (κ1) is 10.8. The lowest BCUT2D eigenvalue weighted by molar-refractivity contribution is -0.0413. The second-order valence-electron chi connectivity index (χ2n) is 1.04. The van der Waals surface area contributed by atoms with Gasteiger partial charge in [0.15, 0.2) is 6.29 Å². The molecule has 2 N–H and O–H groups in total. The summed E-state index contributed by atoms with van der Waals surface area (Å²) in [4.78, 5) is 0. The molecule has 0 aliphatic rings. The Kier molecular flexibility index (Phi) is 13.6. The molecule has 0 spiro atoms. The summed E-state index contributed by atoms with van der Waals surface area (Å²) in [7, 11) is 0. The van der Waals surface area contributed by atoms with Crippen molar-refractivity contribution in [2.45, 2.75) is 19.6 Å². The van der Waals surface area contributed by atoms with Crippen LogP contribution in [-0.2, 0) is 0 Å². The minimum atomic E-state index is -1.12. The smallest absolute Gasteiger partial charge is 0.151 e. The Bertz CT molecular complexity index is 45.7. The van der Waals surface area contributed by atoms with Crippen LogP contribution < -0.4 is 0 Å². The van der Waals surface area contributed by atoms with E-state index in [0.717, 1.165) is 0 Å². The molecule has 0 aliphatic heterocycles. The Labute approximate surface area is 54.4 Å². The van der Waals surface area contributed by atoms with E-state index < -0.39 is 6.29 Å². The van der Waals surface area contributed by atoms with Crippen LogP contribution >= 0.6 is 11.6 Å². The molecule has 0 aromatic rings. The fourth-order valence-electron chi connectivity index (χ4n) is 0. The van der Waals surface area contributed by atoms with Crippen molar-refractivity contribution >= 4 is 11.6 Å². The molecule has 0 atom stereocenters. The molecule has 0 aromatic heterocycles. The largest absolute Gasteiger partial charge is 0.368 e. The van der Waals surface area contributed by atoms with Crippen LogP contribution in [0.5, 0.6) is 0 Å². The molecule has 0 saturated carbocycles. The van der Waals surface area contributed by atoms with E-state index >= 15 is 0 Å². The van der Waals surface area contributed by atoms with Gasteiger partial charge in [0.1, 0.15) is 0 Å². The van der Waals surface area contributed by atoms with Crippen LogP contribution in [0.15, 0.2) is 12.1 Å². The van der Waals surface area contributed by atoms with Gasteiger partial charge in [0.05, 0.1) is 0 Å². The molecular weight excluding hydrogens is 128 g/mol. The van der Waals surface area contributed by atoms with Crippen molar-refractivity contribution in [3.05, 3.63) is 12.1 Å². The summed E-state index contributed by atoms with van der Waals surface area (Å²) in [6, 6.07) is 0. The van der Waals surface area contributed by atoms with Gasteiger partial charge in [-0.2, -0.15) is 0 Å². The third-order valence-electron chi connectivity index (χ3n) is 0.365. The average molecular weight is 139 g/mol. The Morgan fingerprint density at radius 2 is 1.88 bits per heavy atom. The van der Waals surface area contributed by atoms with Gasteiger partial charge in [0.25, 0.3) is 0 Å². The van der Waals surface area contributed by atoms with E-state index in [2.05, 4.69) is 6.58 Å². The fourth-order valence-corrected chi connectivity index (χ4v) is 0. The van der Waals surface area contributed by atoms with Crippen LogP contribution in [0.4, 0.5) is 0 Å². The van der Waals surface area contributed by atoms with Gasteiger partial charge in [0, 0.05) is 0 Å². The van der Waals surface area contributed by atoms with Gasteiger partial charge < -0.3 is 10.2 Å². The summed E-state index contributed by atoms with van der Waals surface area (Å²) in [5.41, 5.74) is 1.22. The van der Waals surface area contributed by atoms with Crippen LogP contribution in [0.1, 0.15) is 13.3 Å². The molecular formula is C5H11ClO2. The maximum absolute atomic E-state index is 7.92. The van der Waals surface area contributed by atoms with Gasteiger partial charge in [-0.3, -0.25) is 0 Å². The molecule has 0 aliphatic carbocycles. The van der Waals surface area contributed by atoms with Crippen LogP contribution in [0.25, 0.3) is 0 Å². The Balaban J connectivity index is 0. The van der Waals surface area contributed by atoms with Gasteiger partial charge in [-0.15, -0.1) is 0 Å². The first-order chi connectivity index (χ1) is 3.68. The van der Waals surface area contributed by atoms with Crippen molar-refractivity contribution in [2.75, 3.05) is 0 Å². The summed E-state index contributed by atoms with van der Waals surface area (Å²) in [5.74, 6) is 0. The number of hydrogen-bond donors (Lipinski definition) is 2. The minimum absolute atomic E-state index is 0.417. The van der Waals surface area contributed by atoms with Crippen molar-refractivity contribution in [3.8, 4) is 0 Å². The molecule has 0 heterocycles. The zero-order chi connectivity index (χ0) is 6.99. The van der Waals surface area contributed by atoms with E-state index in [4.69, 9.17) is 21.8 Å². The van der Waals surface area contributed by atoms with E-state index in [-0.39, 0.29) is 0 Å². The van der Waals surface area contributed by atoms with Crippen LogP contribution in [0.2, 0.25) is 0 Å². The van der Waals surface area contributed by atoms with Gasteiger partial charge in [-0.05, 0) is 12.0 Å². The number of rotatable bonds is 1. The topological polar surface area (TPSA) is 40.5 Å². The van der Waals surface area contributed by atoms with E-state index in [9.17, 15) is 0 Å². The summed E-state index contributed by atoms with van der Waals surface area (Å²) in [6.45, 7) is 4.83. The lowest BCUT2D eigenvalue weighted by Gasteiger charge is -1.90. The maximum atomic E-state index is 7.92. The molecule has 0 radical (unpaired) electrons. The molecule has 0 bridgehead atoms. The van der Waals surface area contributed by atoms with Gasteiger partial charge in [0.2, 0.25) is 0 Å². The normalized spacial score (nSPS) is 7.62. The molecule has 3 heteroatoms. The highest BCUT2D eigenvalue weighted by atomic mass is 35.5. The predicted molar refractivity (Wildman–Crippen MR) is 34.6 cm³/mol. The van der Waals surface area contributed by atoms with Crippen molar-refractivity contribution in [1.29, 1.82) is 0 Å². The number of halogens is 1. The lowest BCUT2D eigenvalue weighted by Crippen LogP contribution is -1.99.